The van der Waals surface area contributed by atoms with Crippen LogP contribution in [0.3, 0.4) is 0 Å². The Morgan fingerprint density at radius 1 is 1.26 bits per heavy atom. The fraction of sp³-hybridized carbons (Fsp3) is 0.462. The van der Waals surface area contributed by atoms with Crippen LogP contribution < -0.4 is 0 Å². The number of hydrogen-bond donors (Lipinski definition) is 1. The van der Waals surface area contributed by atoms with Crippen LogP contribution in [0.2, 0.25) is 0 Å². The highest BCUT2D eigenvalue weighted by molar-refractivity contribution is 5.30. The van der Waals surface area contributed by atoms with Gasteiger partial charge >= 0.3 is 0 Å². The minimum atomic E-state index is -0.736. The van der Waals surface area contributed by atoms with Gasteiger partial charge in [-0.1, -0.05) is 18.2 Å². The number of aromatic nitrogens is 4. The Balaban J connectivity index is 2.13. The fourth-order valence-corrected chi connectivity index (χ4v) is 2.03. The van der Waals surface area contributed by atoms with Crippen molar-refractivity contribution in [3.8, 4) is 5.69 Å². The summed E-state index contributed by atoms with van der Waals surface area (Å²) in [6, 6.07) is 9.75. The molecule has 1 heterocycles. The van der Waals surface area contributed by atoms with E-state index in [0.717, 1.165) is 11.5 Å². The summed E-state index contributed by atoms with van der Waals surface area (Å²) in [5, 5.41) is 21.6. The van der Waals surface area contributed by atoms with Gasteiger partial charge in [-0.25, -0.2) is 0 Å². The summed E-state index contributed by atoms with van der Waals surface area (Å²) in [5.74, 6) is 0.748. The van der Waals surface area contributed by atoms with E-state index in [0.29, 0.717) is 13.1 Å². The largest absolute Gasteiger partial charge is 0.389 e. The predicted molar refractivity (Wildman–Crippen MR) is 71.8 cm³/mol. The number of tetrazole rings is 1. The van der Waals surface area contributed by atoms with E-state index in [2.05, 4.69) is 15.5 Å². The minimum absolute atomic E-state index is 0.550. The molecule has 0 fully saturated rings. The lowest BCUT2D eigenvalue weighted by molar-refractivity contribution is 0.0416. The number of para-hydroxylation sites is 1. The molecule has 0 spiro atoms. The summed E-state index contributed by atoms with van der Waals surface area (Å²) >= 11 is 0. The van der Waals surface area contributed by atoms with Gasteiger partial charge in [-0.2, -0.15) is 4.68 Å². The van der Waals surface area contributed by atoms with Crippen molar-refractivity contribution < 1.29 is 5.11 Å². The van der Waals surface area contributed by atoms with Crippen LogP contribution in [-0.4, -0.2) is 49.4 Å². The fourth-order valence-electron chi connectivity index (χ4n) is 2.03. The van der Waals surface area contributed by atoms with Crippen LogP contribution in [0.4, 0.5) is 0 Å². The molecule has 0 radical (unpaired) electrons. The third kappa shape index (κ3) is 3.84. The summed E-state index contributed by atoms with van der Waals surface area (Å²) in [5.41, 5.74) is 0.193. The monoisotopic (exact) mass is 261 g/mol. The molecule has 0 aliphatic heterocycles. The molecule has 1 aromatic carbocycles. The Bertz CT molecular complexity index is 517. The second-order valence-electron chi connectivity index (χ2n) is 5.33. The zero-order valence-corrected chi connectivity index (χ0v) is 11.5. The SMILES string of the molecule is CN(Cc1nnnn1-c1ccccc1)CC(C)(C)O. The van der Waals surface area contributed by atoms with Crippen molar-refractivity contribution in [1.29, 1.82) is 0 Å². The molecule has 0 bridgehead atoms. The second kappa shape index (κ2) is 5.46. The zero-order chi connectivity index (χ0) is 13.9. The molecule has 0 amide bonds. The highest BCUT2D eigenvalue weighted by Crippen LogP contribution is 2.10. The van der Waals surface area contributed by atoms with Gasteiger partial charge in [-0.3, -0.25) is 4.90 Å². The van der Waals surface area contributed by atoms with Gasteiger partial charge in [-0.05, 0) is 43.5 Å². The lowest BCUT2D eigenvalue weighted by atomic mass is 10.1. The van der Waals surface area contributed by atoms with Crippen LogP contribution in [0.1, 0.15) is 19.7 Å². The average molecular weight is 261 g/mol. The molecule has 1 aromatic heterocycles. The molecule has 0 atom stereocenters. The molecule has 6 heteroatoms. The summed E-state index contributed by atoms with van der Waals surface area (Å²) < 4.78 is 1.71. The quantitative estimate of drug-likeness (QED) is 0.865. The van der Waals surface area contributed by atoms with Crippen LogP contribution in [-0.2, 0) is 6.54 Å². The molecule has 0 saturated heterocycles. The molecule has 19 heavy (non-hydrogen) atoms. The predicted octanol–water partition coefficient (Wildman–Crippen LogP) is 0.865. The van der Waals surface area contributed by atoms with Crippen molar-refractivity contribution in [3.63, 3.8) is 0 Å². The van der Waals surface area contributed by atoms with Crippen LogP contribution in [0.25, 0.3) is 5.69 Å². The first kappa shape index (κ1) is 13.6. The first-order valence-corrected chi connectivity index (χ1v) is 6.19. The molecule has 0 unspecified atom stereocenters. The Kier molecular flexibility index (Phi) is 3.92. The molecular formula is C13H19N5O. The third-order valence-electron chi connectivity index (χ3n) is 2.60. The normalized spacial score (nSPS) is 12.1. The Morgan fingerprint density at radius 3 is 2.58 bits per heavy atom. The minimum Gasteiger partial charge on any atom is -0.389 e. The average Bonchev–Trinajstić information content (AvgIpc) is 2.75. The smallest absolute Gasteiger partial charge is 0.170 e. The zero-order valence-electron chi connectivity index (χ0n) is 11.5. The number of likely N-dealkylation sites (N-methyl/N-ethyl adjacent to an activating group) is 1. The number of benzene rings is 1. The van der Waals surface area contributed by atoms with Gasteiger partial charge < -0.3 is 5.11 Å². The molecular weight excluding hydrogens is 242 g/mol. The molecule has 6 nitrogen and oxygen atoms in total. The maximum Gasteiger partial charge on any atom is 0.170 e. The summed E-state index contributed by atoms with van der Waals surface area (Å²) in [4.78, 5) is 1.99. The molecule has 2 rings (SSSR count). The number of rotatable bonds is 5. The van der Waals surface area contributed by atoms with Gasteiger partial charge in [-0.15, -0.1) is 5.10 Å². The lowest BCUT2D eigenvalue weighted by Crippen LogP contribution is -2.36. The van der Waals surface area contributed by atoms with E-state index in [-0.39, 0.29) is 0 Å². The van der Waals surface area contributed by atoms with Gasteiger partial charge in [0.05, 0.1) is 17.8 Å². The standard InChI is InChI=1S/C13H19N5O/c1-13(2,19)10-17(3)9-12-14-15-16-18(12)11-7-5-4-6-8-11/h4-8,19H,9-10H2,1-3H3. The summed E-state index contributed by atoms with van der Waals surface area (Å²) in [6.07, 6.45) is 0. The molecule has 0 aliphatic carbocycles. The van der Waals surface area contributed by atoms with Crippen LogP contribution in [0.5, 0.6) is 0 Å². The van der Waals surface area contributed by atoms with E-state index >= 15 is 0 Å². The maximum absolute atomic E-state index is 9.80. The molecule has 1 N–H and O–H groups in total. The lowest BCUT2D eigenvalue weighted by Gasteiger charge is -2.24. The summed E-state index contributed by atoms with van der Waals surface area (Å²) in [6.45, 7) is 4.69. The van der Waals surface area contributed by atoms with E-state index < -0.39 is 5.60 Å². The molecule has 0 saturated carbocycles. The highest BCUT2D eigenvalue weighted by Gasteiger charge is 2.18. The summed E-state index contributed by atoms with van der Waals surface area (Å²) in [7, 11) is 1.93. The van der Waals surface area contributed by atoms with Crippen LogP contribution in [0.15, 0.2) is 30.3 Å². The van der Waals surface area contributed by atoms with Crippen molar-refractivity contribution in [1.82, 2.24) is 25.1 Å². The topological polar surface area (TPSA) is 67.1 Å². The number of aliphatic hydroxyl groups is 1. The Labute approximate surface area is 112 Å². The second-order valence-corrected chi connectivity index (χ2v) is 5.33. The van der Waals surface area contributed by atoms with Crippen molar-refractivity contribution >= 4 is 0 Å². The molecule has 2 aromatic rings. The number of nitrogens with zero attached hydrogens (tertiary/aromatic N) is 5. The van der Waals surface area contributed by atoms with Crippen molar-refractivity contribution in [2.75, 3.05) is 13.6 Å². The van der Waals surface area contributed by atoms with Crippen LogP contribution in [0, 0.1) is 0 Å². The molecule has 0 aliphatic rings. The maximum atomic E-state index is 9.80. The van der Waals surface area contributed by atoms with E-state index in [1.807, 2.05) is 42.3 Å². The van der Waals surface area contributed by atoms with Gasteiger partial charge in [0.25, 0.3) is 0 Å². The number of hydrogen-bond acceptors (Lipinski definition) is 5. The first-order valence-electron chi connectivity index (χ1n) is 6.19. The van der Waals surface area contributed by atoms with Gasteiger partial charge in [0.15, 0.2) is 5.82 Å². The van der Waals surface area contributed by atoms with Gasteiger partial charge in [0.2, 0.25) is 0 Å². The van der Waals surface area contributed by atoms with E-state index in [1.165, 1.54) is 0 Å². The van der Waals surface area contributed by atoms with E-state index in [9.17, 15) is 5.11 Å². The van der Waals surface area contributed by atoms with E-state index in [1.54, 1.807) is 18.5 Å². The van der Waals surface area contributed by atoms with Crippen molar-refractivity contribution in [3.05, 3.63) is 36.2 Å². The third-order valence-corrected chi connectivity index (χ3v) is 2.60. The van der Waals surface area contributed by atoms with Crippen LogP contribution >= 0.6 is 0 Å². The Hall–Kier alpha value is -1.79. The van der Waals surface area contributed by atoms with Gasteiger partial charge in [0.1, 0.15) is 0 Å². The Morgan fingerprint density at radius 2 is 1.95 bits per heavy atom. The van der Waals surface area contributed by atoms with Gasteiger partial charge in [0, 0.05) is 6.54 Å². The van der Waals surface area contributed by atoms with Crippen molar-refractivity contribution in [2.45, 2.75) is 26.0 Å². The molecule has 102 valence electrons. The van der Waals surface area contributed by atoms with Crippen molar-refractivity contribution in [2.24, 2.45) is 0 Å². The first-order chi connectivity index (χ1) is 8.96. The van der Waals surface area contributed by atoms with E-state index in [4.69, 9.17) is 0 Å². The highest BCUT2D eigenvalue weighted by atomic mass is 16.3.